The van der Waals surface area contributed by atoms with Crippen molar-refractivity contribution in [1.82, 2.24) is 10.1 Å². The van der Waals surface area contributed by atoms with Gasteiger partial charge in [-0.2, -0.15) is 0 Å². The molecule has 2 aromatic heterocycles. The quantitative estimate of drug-likeness (QED) is 0.906. The molecule has 0 saturated carbocycles. The van der Waals surface area contributed by atoms with Crippen molar-refractivity contribution in [3.05, 3.63) is 28.6 Å². The molecule has 0 bridgehead atoms. The number of rotatable bonds is 2. The summed E-state index contributed by atoms with van der Waals surface area (Å²) in [6.45, 7) is 7.98. The van der Waals surface area contributed by atoms with E-state index in [1.165, 1.54) is 11.3 Å². The lowest BCUT2D eigenvalue weighted by Gasteiger charge is -2.14. The van der Waals surface area contributed by atoms with E-state index in [0.29, 0.717) is 10.9 Å². The first-order valence-electron chi connectivity index (χ1n) is 5.57. The van der Waals surface area contributed by atoms with Crippen molar-refractivity contribution in [3.63, 3.8) is 0 Å². The van der Waals surface area contributed by atoms with E-state index in [4.69, 9.17) is 4.52 Å². The van der Waals surface area contributed by atoms with Gasteiger partial charge in [0.2, 0.25) is 0 Å². The van der Waals surface area contributed by atoms with Gasteiger partial charge in [0, 0.05) is 16.9 Å². The van der Waals surface area contributed by atoms with Crippen LogP contribution in [-0.4, -0.2) is 16.0 Å². The highest BCUT2D eigenvalue weighted by atomic mass is 32.1. The van der Waals surface area contributed by atoms with Gasteiger partial charge in [0.15, 0.2) is 10.8 Å². The molecule has 18 heavy (non-hydrogen) atoms. The van der Waals surface area contributed by atoms with Gasteiger partial charge in [-0.1, -0.05) is 25.9 Å². The summed E-state index contributed by atoms with van der Waals surface area (Å²) < 4.78 is 4.85. The SMILES string of the molecule is Cc1cc(C(=O)Nc2nc(C(C)(C)C)cs2)no1. The molecule has 0 fully saturated rings. The van der Waals surface area contributed by atoms with E-state index < -0.39 is 0 Å². The standard InChI is InChI=1S/C12H15N3O2S/c1-7-5-8(15-17-7)10(16)14-11-13-9(6-18-11)12(2,3)4/h5-6H,1-4H3,(H,13,14,16). The average Bonchev–Trinajstić information content (AvgIpc) is 2.85. The predicted molar refractivity (Wildman–Crippen MR) is 70.0 cm³/mol. The van der Waals surface area contributed by atoms with Gasteiger partial charge in [0.05, 0.1) is 5.69 Å². The van der Waals surface area contributed by atoms with Crippen LogP contribution in [0, 0.1) is 6.92 Å². The third-order valence-electron chi connectivity index (χ3n) is 2.35. The zero-order valence-corrected chi connectivity index (χ0v) is 11.6. The van der Waals surface area contributed by atoms with E-state index >= 15 is 0 Å². The molecule has 0 atom stereocenters. The smallest absolute Gasteiger partial charge is 0.279 e. The minimum atomic E-state index is -0.304. The number of hydrogen-bond donors (Lipinski definition) is 1. The summed E-state index contributed by atoms with van der Waals surface area (Å²) in [4.78, 5) is 16.2. The van der Waals surface area contributed by atoms with E-state index in [0.717, 1.165) is 5.69 Å². The Hall–Kier alpha value is -1.69. The normalized spacial score (nSPS) is 11.6. The third-order valence-corrected chi connectivity index (χ3v) is 3.11. The molecule has 2 rings (SSSR count). The van der Waals surface area contributed by atoms with Crippen LogP contribution in [0.25, 0.3) is 0 Å². The number of hydrogen-bond acceptors (Lipinski definition) is 5. The maximum atomic E-state index is 11.8. The zero-order valence-electron chi connectivity index (χ0n) is 10.8. The van der Waals surface area contributed by atoms with E-state index in [1.807, 2.05) is 5.38 Å². The predicted octanol–water partition coefficient (Wildman–Crippen LogP) is 2.99. The number of aryl methyl sites for hydroxylation is 1. The summed E-state index contributed by atoms with van der Waals surface area (Å²) in [5, 5.41) is 8.89. The van der Waals surface area contributed by atoms with Crippen LogP contribution in [-0.2, 0) is 5.41 Å². The Morgan fingerprint density at radius 1 is 1.44 bits per heavy atom. The number of carbonyl (C=O) groups excluding carboxylic acids is 1. The van der Waals surface area contributed by atoms with Crippen molar-refractivity contribution >= 4 is 22.4 Å². The van der Waals surface area contributed by atoms with Gasteiger partial charge in [0.25, 0.3) is 5.91 Å². The Balaban J connectivity index is 2.10. The van der Waals surface area contributed by atoms with E-state index in [9.17, 15) is 4.79 Å². The molecular weight excluding hydrogens is 250 g/mol. The number of carbonyl (C=O) groups is 1. The molecule has 0 aliphatic rings. The molecule has 0 radical (unpaired) electrons. The lowest BCUT2D eigenvalue weighted by molar-refractivity contribution is 0.101. The van der Waals surface area contributed by atoms with Crippen molar-refractivity contribution in [2.45, 2.75) is 33.1 Å². The fourth-order valence-electron chi connectivity index (χ4n) is 1.31. The Labute approximate surface area is 109 Å². The second-order valence-corrected chi connectivity index (χ2v) is 5.92. The molecule has 6 heteroatoms. The molecule has 2 heterocycles. The minimum Gasteiger partial charge on any atom is -0.361 e. The molecule has 2 aromatic rings. The fourth-order valence-corrected chi connectivity index (χ4v) is 2.24. The lowest BCUT2D eigenvalue weighted by atomic mass is 9.93. The van der Waals surface area contributed by atoms with Gasteiger partial charge in [-0.3, -0.25) is 10.1 Å². The first-order chi connectivity index (χ1) is 8.36. The first kappa shape index (κ1) is 12.8. The zero-order chi connectivity index (χ0) is 13.3. The Bertz CT molecular complexity index is 566. The van der Waals surface area contributed by atoms with Crippen LogP contribution in [0.2, 0.25) is 0 Å². The minimum absolute atomic E-state index is 0.0239. The molecule has 5 nitrogen and oxygen atoms in total. The second-order valence-electron chi connectivity index (χ2n) is 5.06. The molecule has 1 N–H and O–H groups in total. The number of thiazole rings is 1. The van der Waals surface area contributed by atoms with Crippen LogP contribution < -0.4 is 5.32 Å². The largest absolute Gasteiger partial charge is 0.361 e. The van der Waals surface area contributed by atoms with Crippen LogP contribution in [0.5, 0.6) is 0 Å². The molecule has 0 aliphatic carbocycles. The van der Waals surface area contributed by atoms with Crippen molar-refractivity contribution in [1.29, 1.82) is 0 Å². The van der Waals surface area contributed by atoms with Gasteiger partial charge in [-0.25, -0.2) is 4.98 Å². The molecule has 0 unspecified atom stereocenters. The monoisotopic (exact) mass is 265 g/mol. The van der Waals surface area contributed by atoms with Crippen molar-refractivity contribution in [2.75, 3.05) is 5.32 Å². The third kappa shape index (κ3) is 2.76. The highest BCUT2D eigenvalue weighted by Crippen LogP contribution is 2.26. The van der Waals surface area contributed by atoms with Gasteiger partial charge in [-0.05, 0) is 6.92 Å². The van der Waals surface area contributed by atoms with Crippen LogP contribution >= 0.6 is 11.3 Å². The van der Waals surface area contributed by atoms with Gasteiger partial charge < -0.3 is 4.52 Å². The van der Waals surface area contributed by atoms with Crippen molar-refractivity contribution in [3.8, 4) is 0 Å². The lowest BCUT2D eigenvalue weighted by Crippen LogP contribution is -2.14. The van der Waals surface area contributed by atoms with Crippen LogP contribution in [0.1, 0.15) is 42.7 Å². The summed E-state index contributed by atoms with van der Waals surface area (Å²) in [5.74, 6) is 0.302. The number of nitrogens with zero attached hydrogens (tertiary/aromatic N) is 2. The fraction of sp³-hybridized carbons (Fsp3) is 0.417. The second kappa shape index (κ2) is 4.53. The summed E-state index contributed by atoms with van der Waals surface area (Å²) in [5.41, 5.74) is 1.20. The number of anilines is 1. The number of amides is 1. The Morgan fingerprint density at radius 2 is 2.17 bits per heavy atom. The van der Waals surface area contributed by atoms with Gasteiger partial charge >= 0.3 is 0 Å². The maximum absolute atomic E-state index is 11.8. The highest BCUT2D eigenvalue weighted by molar-refractivity contribution is 7.14. The number of nitrogens with one attached hydrogen (secondary N) is 1. The summed E-state index contributed by atoms with van der Waals surface area (Å²) in [6.07, 6.45) is 0. The van der Waals surface area contributed by atoms with E-state index in [2.05, 4.69) is 36.2 Å². The maximum Gasteiger partial charge on any atom is 0.279 e. The van der Waals surface area contributed by atoms with E-state index in [-0.39, 0.29) is 17.0 Å². The molecular formula is C12H15N3O2S. The molecule has 0 saturated heterocycles. The van der Waals surface area contributed by atoms with Crippen LogP contribution in [0.3, 0.4) is 0 Å². The highest BCUT2D eigenvalue weighted by Gasteiger charge is 2.19. The molecule has 96 valence electrons. The summed E-state index contributed by atoms with van der Waals surface area (Å²) in [7, 11) is 0. The van der Waals surface area contributed by atoms with Crippen molar-refractivity contribution in [2.24, 2.45) is 0 Å². The molecule has 0 spiro atoms. The van der Waals surface area contributed by atoms with Crippen LogP contribution in [0.15, 0.2) is 16.0 Å². The van der Waals surface area contributed by atoms with Crippen molar-refractivity contribution < 1.29 is 9.32 Å². The summed E-state index contributed by atoms with van der Waals surface area (Å²) in [6, 6.07) is 1.59. The topological polar surface area (TPSA) is 68.0 Å². The average molecular weight is 265 g/mol. The van der Waals surface area contributed by atoms with Gasteiger partial charge in [-0.15, -0.1) is 11.3 Å². The first-order valence-corrected chi connectivity index (χ1v) is 6.45. The summed E-state index contributed by atoms with van der Waals surface area (Å²) >= 11 is 1.40. The Morgan fingerprint density at radius 3 is 2.67 bits per heavy atom. The molecule has 0 aliphatic heterocycles. The van der Waals surface area contributed by atoms with E-state index in [1.54, 1.807) is 13.0 Å². The van der Waals surface area contributed by atoms with Gasteiger partial charge in [0.1, 0.15) is 5.76 Å². The van der Waals surface area contributed by atoms with Crippen LogP contribution in [0.4, 0.5) is 5.13 Å². The number of aromatic nitrogens is 2. The Kier molecular flexibility index (Phi) is 3.21. The molecule has 0 aromatic carbocycles. The molecule has 1 amide bonds.